The number of hydrogen-bond acceptors (Lipinski definition) is 2. The second-order valence-corrected chi connectivity index (χ2v) is 3.49. The summed E-state index contributed by atoms with van der Waals surface area (Å²) in [6, 6.07) is 9.99. The molecule has 1 atom stereocenters. The molecule has 1 heterocycles. The third kappa shape index (κ3) is 1.92. The molecular formula is C12H15N3. The van der Waals surface area contributed by atoms with E-state index in [9.17, 15) is 0 Å². The Kier molecular flexibility index (Phi) is 2.83. The van der Waals surface area contributed by atoms with Crippen LogP contribution in [-0.4, -0.2) is 9.55 Å². The van der Waals surface area contributed by atoms with Crippen molar-refractivity contribution in [3.63, 3.8) is 0 Å². The van der Waals surface area contributed by atoms with Gasteiger partial charge in [0.2, 0.25) is 0 Å². The van der Waals surface area contributed by atoms with Crippen molar-refractivity contribution < 1.29 is 0 Å². The van der Waals surface area contributed by atoms with Gasteiger partial charge in [0.1, 0.15) is 0 Å². The number of imidazole rings is 1. The largest absolute Gasteiger partial charge is 0.333 e. The molecule has 2 aromatic rings. The van der Waals surface area contributed by atoms with Gasteiger partial charge >= 0.3 is 0 Å². The zero-order valence-electron chi connectivity index (χ0n) is 8.80. The lowest BCUT2D eigenvalue weighted by Gasteiger charge is -2.13. The predicted octanol–water partition coefficient (Wildman–Crippen LogP) is 1.95. The Morgan fingerprint density at radius 3 is 2.73 bits per heavy atom. The van der Waals surface area contributed by atoms with Gasteiger partial charge in [0.25, 0.3) is 0 Å². The predicted molar refractivity (Wildman–Crippen MR) is 60.4 cm³/mol. The normalized spacial score (nSPS) is 12.7. The summed E-state index contributed by atoms with van der Waals surface area (Å²) in [5.41, 5.74) is 8.35. The Morgan fingerprint density at radius 2 is 2.07 bits per heavy atom. The van der Waals surface area contributed by atoms with E-state index in [1.807, 2.05) is 42.9 Å². The van der Waals surface area contributed by atoms with Crippen molar-refractivity contribution in [1.29, 1.82) is 0 Å². The Morgan fingerprint density at radius 1 is 1.33 bits per heavy atom. The summed E-state index contributed by atoms with van der Waals surface area (Å²) in [4.78, 5) is 4.12. The minimum Gasteiger partial charge on any atom is -0.333 e. The highest BCUT2D eigenvalue weighted by Gasteiger charge is 2.12. The van der Waals surface area contributed by atoms with Crippen LogP contribution in [0.25, 0.3) is 0 Å². The van der Waals surface area contributed by atoms with Gasteiger partial charge in [0, 0.05) is 6.54 Å². The summed E-state index contributed by atoms with van der Waals surface area (Å²) in [6.07, 6.45) is 3.65. The summed E-state index contributed by atoms with van der Waals surface area (Å²) >= 11 is 0. The molecule has 0 amide bonds. The topological polar surface area (TPSA) is 43.8 Å². The summed E-state index contributed by atoms with van der Waals surface area (Å²) in [7, 11) is 0. The van der Waals surface area contributed by atoms with Crippen LogP contribution in [0.1, 0.15) is 24.2 Å². The fourth-order valence-electron chi connectivity index (χ4n) is 1.69. The Labute approximate surface area is 89.6 Å². The van der Waals surface area contributed by atoms with Gasteiger partial charge in [-0.1, -0.05) is 30.3 Å². The van der Waals surface area contributed by atoms with Crippen LogP contribution in [0.5, 0.6) is 0 Å². The molecule has 0 aliphatic rings. The smallest absolute Gasteiger partial charge is 0.0948 e. The van der Waals surface area contributed by atoms with E-state index in [0.717, 1.165) is 17.8 Å². The maximum absolute atomic E-state index is 6.18. The molecule has 15 heavy (non-hydrogen) atoms. The zero-order chi connectivity index (χ0) is 10.7. The summed E-state index contributed by atoms with van der Waals surface area (Å²) < 4.78 is 2.07. The third-order valence-corrected chi connectivity index (χ3v) is 2.56. The summed E-state index contributed by atoms with van der Waals surface area (Å²) in [6.45, 7) is 2.98. The maximum atomic E-state index is 6.18. The molecule has 0 fully saturated rings. The number of hydrogen-bond donors (Lipinski definition) is 1. The first-order valence-electron chi connectivity index (χ1n) is 5.13. The molecule has 0 saturated heterocycles. The van der Waals surface area contributed by atoms with Gasteiger partial charge < -0.3 is 10.3 Å². The molecular weight excluding hydrogens is 186 g/mol. The highest BCUT2D eigenvalue weighted by Crippen LogP contribution is 2.18. The highest BCUT2D eigenvalue weighted by molar-refractivity contribution is 5.26. The first-order chi connectivity index (χ1) is 7.33. The molecule has 0 bridgehead atoms. The lowest BCUT2D eigenvalue weighted by atomic mass is 10.1. The van der Waals surface area contributed by atoms with Crippen molar-refractivity contribution in [2.45, 2.75) is 19.5 Å². The van der Waals surface area contributed by atoms with Crippen molar-refractivity contribution in [2.75, 3.05) is 0 Å². The second-order valence-electron chi connectivity index (χ2n) is 3.49. The van der Waals surface area contributed by atoms with Crippen molar-refractivity contribution in [3.05, 3.63) is 54.1 Å². The molecule has 0 aliphatic carbocycles. The van der Waals surface area contributed by atoms with E-state index >= 15 is 0 Å². The number of nitrogens with zero attached hydrogens (tertiary/aromatic N) is 2. The first-order valence-corrected chi connectivity index (χ1v) is 5.13. The molecule has 1 unspecified atom stereocenters. The van der Waals surface area contributed by atoms with Crippen molar-refractivity contribution in [1.82, 2.24) is 9.55 Å². The van der Waals surface area contributed by atoms with Gasteiger partial charge in [-0.25, -0.2) is 4.98 Å². The number of nitrogens with two attached hydrogens (primary N) is 1. The van der Waals surface area contributed by atoms with Crippen molar-refractivity contribution in [3.8, 4) is 0 Å². The van der Waals surface area contributed by atoms with Gasteiger partial charge in [-0.3, -0.25) is 0 Å². The molecule has 0 radical (unpaired) electrons. The summed E-state index contributed by atoms with van der Waals surface area (Å²) in [5, 5.41) is 0. The molecule has 0 saturated carbocycles. The van der Waals surface area contributed by atoms with Gasteiger partial charge in [-0.05, 0) is 12.5 Å². The molecule has 1 aromatic heterocycles. The lowest BCUT2D eigenvalue weighted by molar-refractivity contribution is 0.675. The maximum Gasteiger partial charge on any atom is 0.0948 e. The fraction of sp³-hybridized carbons (Fsp3) is 0.250. The molecule has 0 spiro atoms. The number of aromatic nitrogens is 2. The molecule has 1 aromatic carbocycles. The van der Waals surface area contributed by atoms with Crippen LogP contribution in [-0.2, 0) is 6.54 Å². The van der Waals surface area contributed by atoms with Crippen LogP contribution in [0.2, 0.25) is 0 Å². The average Bonchev–Trinajstić information content (AvgIpc) is 2.77. The molecule has 2 rings (SSSR count). The molecule has 3 nitrogen and oxygen atoms in total. The highest BCUT2D eigenvalue weighted by atomic mass is 15.1. The second kappa shape index (κ2) is 4.28. The van der Waals surface area contributed by atoms with Gasteiger partial charge in [-0.15, -0.1) is 0 Å². The zero-order valence-corrected chi connectivity index (χ0v) is 8.80. The quantitative estimate of drug-likeness (QED) is 0.824. The van der Waals surface area contributed by atoms with Crippen LogP contribution >= 0.6 is 0 Å². The Balaban J connectivity index is 2.32. The van der Waals surface area contributed by atoms with E-state index in [1.54, 1.807) is 0 Å². The van der Waals surface area contributed by atoms with Crippen LogP contribution in [0.15, 0.2) is 42.9 Å². The van der Waals surface area contributed by atoms with Crippen molar-refractivity contribution in [2.24, 2.45) is 5.73 Å². The molecule has 2 N–H and O–H groups in total. The molecule has 0 aliphatic heterocycles. The minimum absolute atomic E-state index is 0.0892. The average molecular weight is 201 g/mol. The number of benzene rings is 1. The van der Waals surface area contributed by atoms with E-state index in [4.69, 9.17) is 5.73 Å². The number of rotatable bonds is 3. The van der Waals surface area contributed by atoms with Crippen LogP contribution < -0.4 is 5.73 Å². The van der Waals surface area contributed by atoms with E-state index in [0.29, 0.717) is 0 Å². The van der Waals surface area contributed by atoms with Crippen LogP contribution in [0.4, 0.5) is 0 Å². The molecule has 3 heteroatoms. The lowest BCUT2D eigenvalue weighted by Crippen LogP contribution is -2.15. The van der Waals surface area contributed by atoms with Crippen LogP contribution in [0, 0.1) is 0 Å². The monoisotopic (exact) mass is 201 g/mol. The van der Waals surface area contributed by atoms with Gasteiger partial charge in [0.15, 0.2) is 0 Å². The van der Waals surface area contributed by atoms with E-state index < -0.39 is 0 Å². The van der Waals surface area contributed by atoms with E-state index in [1.165, 1.54) is 0 Å². The van der Waals surface area contributed by atoms with Gasteiger partial charge in [-0.2, -0.15) is 0 Å². The van der Waals surface area contributed by atoms with E-state index in [2.05, 4.69) is 16.5 Å². The standard InChI is InChI=1S/C12H15N3/c1-2-15-9-14-8-11(15)12(13)10-6-4-3-5-7-10/h3-9,12H,2,13H2,1H3. The van der Waals surface area contributed by atoms with Crippen molar-refractivity contribution >= 4 is 0 Å². The van der Waals surface area contributed by atoms with Gasteiger partial charge in [0.05, 0.1) is 24.3 Å². The summed E-state index contributed by atoms with van der Waals surface area (Å²) in [5.74, 6) is 0. The fourth-order valence-corrected chi connectivity index (χ4v) is 1.69. The SMILES string of the molecule is CCn1cncc1C(N)c1ccccc1. The minimum atomic E-state index is -0.0892. The van der Waals surface area contributed by atoms with E-state index in [-0.39, 0.29) is 6.04 Å². The Bertz CT molecular complexity index is 419. The Hall–Kier alpha value is -1.61. The number of aryl methyl sites for hydroxylation is 1. The first kappa shape index (κ1) is 9.93. The van der Waals surface area contributed by atoms with Crippen LogP contribution in [0.3, 0.4) is 0 Å². The third-order valence-electron chi connectivity index (χ3n) is 2.56. The molecule has 78 valence electrons.